The fourth-order valence-corrected chi connectivity index (χ4v) is 3.20. The number of amides is 1. The molecule has 0 aliphatic carbocycles. The SMILES string of the molecule is CCCC1Cc2nc(S(=O)(=O)[O-])ccc2CN1C(=O)OC(C)(C)C.[Na+]. The second-order valence-electron chi connectivity index (χ2n) is 6.96. The van der Waals surface area contributed by atoms with Crippen LogP contribution >= 0.6 is 0 Å². The Labute approximate surface area is 171 Å². The predicted octanol–water partition coefficient (Wildman–Crippen LogP) is -0.548. The number of ether oxygens (including phenoxy) is 1. The van der Waals surface area contributed by atoms with Gasteiger partial charge in [0.05, 0.1) is 6.54 Å². The molecule has 1 aliphatic rings. The van der Waals surface area contributed by atoms with Crippen molar-refractivity contribution in [1.82, 2.24) is 9.88 Å². The van der Waals surface area contributed by atoms with Crippen LogP contribution in [0.3, 0.4) is 0 Å². The third kappa shape index (κ3) is 5.92. The Balaban J connectivity index is 0.00000312. The van der Waals surface area contributed by atoms with Gasteiger partial charge < -0.3 is 14.2 Å². The zero-order valence-electron chi connectivity index (χ0n) is 15.4. The first-order valence-corrected chi connectivity index (χ1v) is 9.36. The Hall–Kier alpha value is -0.670. The van der Waals surface area contributed by atoms with Crippen LogP contribution in [0, 0.1) is 0 Å². The van der Waals surface area contributed by atoms with Crippen molar-refractivity contribution in [2.24, 2.45) is 0 Å². The fraction of sp³-hybridized carbons (Fsp3) is 0.625. The van der Waals surface area contributed by atoms with Crippen LogP contribution in [0.2, 0.25) is 0 Å². The molecule has 1 aromatic heterocycles. The molecule has 0 fully saturated rings. The average Bonchev–Trinajstić information content (AvgIpc) is 2.43. The number of rotatable bonds is 3. The van der Waals surface area contributed by atoms with Crippen molar-refractivity contribution in [1.29, 1.82) is 0 Å². The Morgan fingerprint density at radius 2 is 2.04 bits per heavy atom. The van der Waals surface area contributed by atoms with Gasteiger partial charge in [-0.2, -0.15) is 0 Å². The van der Waals surface area contributed by atoms with Crippen molar-refractivity contribution < 1.29 is 52.1 Å². The standard InChI is InChI=1S/C16H24N2O5S.Na/c1-5-6-12-9-13-11(7-8-14(17-13)24(20,21)22)10-18(12)15(19)23-16(2,3)4;/h7-8,12H,5-6,9-10H2,1-4H3,(H,20,21,22);/q;+1/p-1. The van der Waals surface area contributed by atoms with Gasteiger partial charge in [0.25, 0.3) is 0 Å². The third-order valence-corrected chi connectivity index (χ3v) is 4.50. The quantitative estimate of drug-likeness (QED) is 0.517. The summed E-state index contributed by atoms with van der Waals surface area (Å²) in [5.74, 6) is 0. The van der Waals surface area contributed by atoms with Gasteiger partial charge in [-0.15, -0.1) is 0 Å². The van der Waals surface area contributed by atoms with Crippen molar-refractivity contribution in [3.63, 3.8) is 0 Å². The van der Waals surface area contributed by atoms with Crippen molar-refractivity contribution in [3.05, 3.63) is 23.4 Å². The number of aromatic nitrogens is 1. The molecule has 1 aromatic rings. The van der Waals surface area contributed by atoms with Gasteiger partial charge in [0.2, 0.25) is 0 Å². The van der Waals surface area contributed by atoms with Crippen LogP contribution in [0.15, 0.2) is 17.2 Å². The Morgan fingerprint density at radius 1 is 1.40 bits per heavy atom. The van der Waals surface area contributed by atoms with E-state index in [1.807, 2.05) is 27.7 Å². The molecule has 0 N–H and O–H groups in total. The van der Waals surface area contributed by atoms with Crippen LogP contribution in [-0.4, -0.2) is 40.6 Å². The van der Waals surface area contributed by atoms with E-state index in [1.54, 1.807) is 11.0 Å². The molecule has 1 atom stereocenters. The molecule has 0 bridgehead atoms. The molecule has 9 heteroatoms. The molecule has 0 saturated heterocycles. The van der Waals surface area contributed by atoms with E-state index in [9.17, 15) is 17.8 Å². The summed E-state index contributed by atoms with van der Waals surface area (Å²) in [5, 5.41) is -0.470. The van der Waals surface area contributed by atoms with E-state index in [-0.39, 0.29) is 35.6 Å². The molecule has 1 amide bonds. The molecule has 2 heterocycles. The van der Waals surface area contributed by atoms with Crippen molar-refractivity contribution in [2.75, 3.05) is 0 Å². The summed E-state index contributed by atoms with van der Waals surface area (Å²) in [4.78, 5) is 18.1. The fourth-order valence-electron chi connectivity index (χ4n) is 2.74. The van der Waals surface area contributed by atoms with Crippen LogP contribution in [0.25, 0.3) is 0 Å². The zero-order valence-corrected chi connectivity index (χ0v) is 18.2. The second-order valence-corrected chi connectivity index (χ2v) is 8.29. The number of fused-ring (bicyclic) bond motifs is 1. The summed E-state index contributed by atoms with van der Waals surface area (Å²) in [6, 6.07) is 2.61. The van der Waals surface area contributed by atoms with E-state index in [0.29, 0.717) is 18.7 Å². The molecule has 2 rings (SSSR count). The largest absolute Gasteiger partial charge is 1.00 e. The molecule has 1 unspecified atom stereocenters. The summed E-state index contributed by atoms with van der Waals surface area (Å²) in [5.41, 5.74) is 0.707. The maximum absolute atomic E-state index is 12.5. The number of carbonyl (C=O) groups excluding carboxylic acids is 1. The molecule has 0 spiro atoms. The molecular formula is C16H23N2NaO5S. The smallest absolute Gasteiger partial charge is 0.743 e. The van der Waals surface area contributed by atoms with Gasteiger partial charge in [0, 0.05) is 18.2 Å². The first-order valence-electron chi connectivity index (χ1n) is 7.95. The van der Waals surface area contributed by atoms with Crippen molar-refractivity contribution in [3.8, 4) is 0 Å². The minimum Gasteiger partial charge on any atom is -0.743 e. The van der Waals surface area contributed by atoms with Crippen LogP contribution in [0.5, 0.6) is 0 Å². The number of hydrogen-bond acceptors (Lipinski definition) is 6. The van der Waals surface area contributed by atoms with E-state index in [1.165, 1.54) is 6.07 Å². The van der Waals surface area contributed by atoms with Gasteiger partial charge >= 0.3 is 35.7 Å². The number of pyridine rings is 1. The molecule has 7 nitrogen and oxygen atoms in total. The normalized spacial score (nSPS) is 17.5. The van der Waals surface area contributed by atoms with E-state index < -0.39 is 26.8 Å². The summed E-state index contributed by atoms with van der Waals surface area (Å²) < 4.78 is 38.9. The van der Waals surface area contributed by atoms with Crippen LogP contribution in [0.1, 0.15) is 51.8 Å². The second kappa shape index (κ2) is 8.35. The molecule has 134 valence electrons. The van der Waals surface area contributed by atoms with E-state index >= 15 is 0 Å². The number of nitrogens with zero attached hydrogens (tertiary/aromatic N) is 2. The van der Waals surface area contributed by atoms with Crippen LogP contribution in [0.4, 0.5) is 4.79 Å². The molecule has 0 saturated carbocycles. The first-order chi connectivity index (χ1) is 11.0. The Bertz CT molecular complexity index is 731. The van der Waals surface area contributed by atoms with Gasteiger partial charge in [-0.1, -0.05) is 19.4 Å². The molecule has 0 radical (unpaired) electrons. The van der Waals surface area contributed by atoms with Gasteiger partial charge in [0.15, 0.2) is 0 Å². The minimum absolute atomic E-state index is 0. The maximum atomic E-state index is 12.5. The first kappa shape index (κ1) is 22.4. The van der Waals surface area contributed by atoms with Gasteiger partial charge in [-0.3, -0.25) is 0 Å². The van der Waals surface area contributed by atoms with Crippen molar-refractivity contribution >= 4 is 16.2 Å². The Kier molecular flexibility index (Phi) is 7.47. The molecule has 25 heavy (non-hydrogen) atoms. The van der Waals surface area contributed by atoms with Crippen LogP contribution in [-0.2, 0) is 27.8 Å². The topological polar surface area (TPSA) is 99.6 Å². The van der Waals surface area contributed by atoms with Crippen LogP contribution < -0.4 is 29.6 Å². The van der Waals surface area contributed by atoms with E-state index in [2.05, 4.69) is 4.98 Å². The summed E-state index contributed by atoms with van der Waals surface area (Å²) in [6.07, 6.45) is 1.62. The number of carbonyl (C=O) groups is 1. The summed E-state index contributed by atoms with van der Waals surface area (Å²) >= 11 is 0. The van der Waals surface area contributed by atoms with E-state index in [0.717, 1.165) is 18.4 Å². The monoisotopic (exact) mass is 378 g/mol. The Morgan fingerprint density at radius 3 is 2.56 bits per heavy atom. The van der Waals surface area contributed by atoms with Gasteiger partial charge in [-0.05, 0) is 38.8 Å². The van der Waals surface area contributed by atoms with E-state index in [4.69, 9.17) is 4.74 Å². The predicted molar refractivity (Wildman–Crippen MR) is 86.4 cm³/mol. The molecule has 0 aromatic carbocycles. The third-order valence-electron chi connectivity index (χ3n) is 3.76. The van der Waals surface area contributed by atoms with Gasteiger partial charge in [-0.25, -0.2) is 18.2 Å². The summed E-state index contributed by atoms with van der Waals surface area (Å²) in [6.45, 7) is 7.73. The zero-order chi connectivity index (χ0) is 18.1. The molecular weight excluding hydrogens is 355 g/mol. The number of hydrogen-bond donors (Lipinski definition) is 0. The minimum atomic E-state index is -4.59. The average molecular weight is 378 g/mol. The maximum Gasteiger partial charge on any atom is 1.00 e. The van der Waals surface area contributed by atoms with Crippen molar-refractivity contribution in [2.45, 2.75) is 70.2 Å². The summed E-state index contributed by atoms with van der Waals surface area (Å²) in [7, 11) is -4.59. The van der Waals surface area contributed by atoms with Gasteiger partial charge in [0.1, 0.15) is 20.7 Å². The molecule has 1 aliphatic heterocycles.